The highest BCUT2D eigenvalue weighted by Crippen LogP contribution is 2.16. The van der Waals surface area contributed by atoms with Crippen LogP contribution < -0.4 is 10.6 Å². The third-order valence-electron chi connectivity index (χ3n) is 3.60. The lowest BCUT2D eigenvalue weighted by Crippen LogP contribution is -2.51. The highest BCUT2D eigenvalue weighted by molar-refractivity contribution is 14.0. The molecule has 6 heteroatoms. The van der Waals surface area contributed by atoms with Crippen molar-refractivity contribution in [2.75, 3.05) is 37.6 Å². The molecule has 0 spiro atoms. The van der Waals surface area contributed by atoms with Gasteiger partial charge in [-0.2, -0.15) is 0 Å². The van der Waals surface area contributed by atoms with E-state index in [1.165, 1.54) is 12.1 Å². The number of nitrogens with two attached hydrogens (primary N) is 1. The first-order valence-electron chi connectivity index (χ1n) is 7.37. The third-order valence-corrected chi connectivity index (χ3v) is 3.60. The van der Waals surface area contributed by atoms with Gasteiger partial charge in [0.05, 0.1) is 0 Å². The summed E-state index contributed by atoms with van der Waals surface area (Å²) < 4.78 is 12.9. The van der Waals surface area contributed by atoms with Crippen LogP contribution in [-0.2, 0) is 0 Å². The van der Waals surface area contributed by atoms with E-state index in [4.69, 9.17) is 5.73 Å². The summed E-state index contributed by atoms with van der Waals surface area (Å²) in [4.78, 5) is 8.74. The molecule has 0 unspecified atom stereocenters. The van der Waals surface area contributed by atoms with E-state index >= 15 is 0 Å². The zero-order valence-corrected chi connectivity index (χ0v) is 15.2. The van der Waals surface area contributed by atoms with Crippen LogP contribution in [0, 0.1) is 5.82 Å². The lowest BCUT2D eigenvalue weighted by atomic mass is 10.2. The van der Waals surface area contributed by atoms with Crippen molar-refractivity contribution in [1.29, 1.82) is 0 Å². The Kier molecular flexibility index (Phi) is 8.22. The Labute approximate surface area is 148 Å². The molecule has 1 saturated heterocycles. The van der Waals surface area contributed by atoms with E-state index in [0.717, 1.165) is 44.8 Å². The standard InChI is InChI=1S/C16H23FN4.HI/c1-2-3-4-9-19-16(18)21-12-10-20(11-13-21)15-7-5-14(17)6-8-15;/h2-3,5-8H,4,9-13H2,1H3,(H2,18,19);1H. The average Bonchev–Trinajstić information content (AvgIpc) is 2.52. The van der Waals surface area contributed by atoms with Crippen LogP contribution in [-0.4, -0.2) is 43.6 Å². The van der Waals surface area contributed by atoms with Crippen molar-refractivity contribution in [3.05, 3.63) is 42.2 Å². The fourth-order valence-electron chi connectivity index (χ4n) is 2.37. The predicted octanol–water partition coefficient (Wildman–Crippen LogP) is 2.85. The zero-order chi connectivity index (χ0) is 15.1. The van der Waals surface area contributed by atoms with E-state index in [1.54, 1.807) is 0 Å². The maximum Gasteiger partial charge on any atom is 0.191 e. The first kappa shape index (κ1) is 18.7. The van der Waals surface area contributed by atoms with E-state index in [1.807, 2.05) is 25.1 Å². The fourth-order valence-corrected chi connectivity index (χ4v) is 2.37. The summed E-state index contributed by atoms with van der Waals surface area (Å²) in [5, 5.41) is 0. The van der Waals surface area contributed by atoms with Crippen molar-refractivity contribution in [2.45, 2.75) is 13.3 Å². The highest BCUT2D eigenvalue weighted by atomic mass is 127. The number of aliphatic imine (C=N–C) groups is 1. The molecule has 0 radical (unpaired) electrons. The second kappa shape index (κ2) is 9.66. The quantitative estimate of drug-likeness (QED) is 0.269. The first-order valence-corrected chi connectivity index (χ1v) is 7.37. The molecule has 0 saturated carbocycles. The molecular formula is C16H24FIN4. The molecule has 0 atom stereocenters. The van der Waals surface area contributed by atoms with Gasteiger partial charge in [-0.05, 0) is 37.6 Å². The Morgan fingerprint density at radius 2 is 1.86 bits per heavy atom. The normalized spacial score (nSPS) is 16.0. The van der Waals surface area contributed by atoms with Gasteiger partial charge in [0.25, 0.3) is 0 Å². The molecule has 22 heavy (non-hydrogen) atoms. The van der Waals surface area contributed by atoms with E-state index in [0.29, 0.717) is 5.96 Å². The van der Waals surface area contributed by atoms with E-state index in [-0.39, 0.29) is 29.8 Å². The molecule has 0 aliphatic carbocycles. The van der Waals surface area contributed by atoms with Crippen molar-refractivity contribution < 1.29 is 4.39 Å². The van der Waals surface area contributed by atoms with Crippen LogP contribution in [0.1, 0.15) is 13.3 Å². The lowest BCUT2D eigenvalue weighted by Gasteiger charge is -2.36. The molecular weight excluding hydrogens is 394 g/mol. The van der Waals surface area contributed by atoms with Gasteiger partial charge in [-0.1, -0.05) is 12.2 Å². The molecule has 0 aromatic heterocycles. The molecule has 2 rings (SSSR count). The van der Waals surface area contributed by atoms with Crippen LogP contribution >= 0.6 is 24.0 Å². The second-order valence-electron chi connectivity index (χ2n) is 5.05. The minimum atomic E-state index is -0.199. The van der Waals surface area contributed by atoms with Gasteiger partial charge in [0.1, 0.15) is 5.82 Å². The van der Waals surface area contributed by atoms with Gasteiger partial charge in [0.2, 0.25) is 0 Å². The monoisotopic (exact) mass is 418 g/mol. The predicted molar refractivity (Wildman–Crippen MR) is 102 cm³/mol. The van der Waals surface area contributed by atoms with Gasteiger partial charge in [-0.3, -0.25) is 4.99 Å². The van der Waals surface area contributed by atoms with E-state index < -0.39 is 0 Å². The number of piperazine rings is 1. The molecule has 4 nitrogen and oxygen atoms in total. The molecule has 1 heterocycles. The third kappa shape index (κ3) is 5.47. The molecule has 0 amide bonds. The Balaban J connectivity index is 0.00000242. The van der Waals surface area contributed by atoms with Crippen LogP contribution in [0.4, 0.5) is 10.1 Å². The van der Waals surface area contributed by atoms with E-state index in [9.17, 15) is 4.39 Å². The van der Waals surface area contributed by atoms with Gasteiger partial charge in [-0.15, -0.1) is 24.0 Å². The SMILES string of the molecule is CC=CCCN=C(N)N1CCN(c2ccc(F)cc2)CC1.I. The van der Waals surface area contributed by atoms with Crippen molar-refractivity contribution >= 4 is 35.6 Å². The van der Waals surface area contributed by atoms with Crippen LogP contribution in [0.15, 0.2) is 41.4 Å². The van der Waals surface area contributed by atoms with Crippen molar-refractivity contribution in [3.8, 4) is 0 Å². The Bertz CT molecular complexity index is 493. The van der Waals surface area contributed by atoms with Crippen LogP contribution in [0.25, 0.3) is 0 Å². The van der Waals surface area contributed by atoms with Gasteiger partial charge >= 0.3 is 0 Å². The summed E-state index contributed by atoms with van der Waals surface area (Å²) in [7, 11) is 0. The van der Waals surface area contributed by atoms with Crippen LogP contribution in [0.2, 0.25) is 0 Å². The van der Waals surface area contributed by atoms with Crippen molar-refractivity contribution in [1.82, 2.24) is 4.90 Å². The van der Waals surface area contributed by atoms with Crippen molar-refractivity contribution in [3.63, 3.8) is 0 Å². The maximum absolute atomic E-state index is 12.9. The molecule has 1 aliphatic rings. The summed E-state index contributed by atoms with van der Waals surface area (Å²) in [5.74, 6) is 0.424. The summed E-state index contributed by atoms with van der Waals surface area (Å²) in [6.07, 6.45) is 5.03. The number of benzene rings is 1. The summed E-state index contributed by atoms with van der Waals surface area (Å²) in [6.45, 7) is 6.16. The number of hydrogen-bond acceptors (Lipinski definition) is 2. The number of nitrogens with zero attached hydrogens (tertiary/aromatic N) is 3. The Hall–Kier alpha value is -1.31. The van der Waals surface area contributed by atoms with Gasteiger partial charge in [0.15, 0.2) is 5.96 Å². The highest BCUT2D eigenvalue weighted by Gasteiger charge is 2.18. The summed E-state index contributed by atoms with van der Waals surface area (Å²) in [5.41, 5.74) is 7.07. The summed E-state index contributed by atoms with van der Waals surface area (Å²) >= 11 is 0. The van der Waals surface area contributed by atoms with Crippen LogP contribution in [0.3, 0.4) is 0 Å². The zero-order valence-electron chi connectivity index (χ0n) is 12.9. The van der Waals surface area contributed by atoms with Gasteiger partial charge in [-0.25, -0.2) is 4.39 Å². The first-order chi connectivity index (χ1) is 10.2. The molecule has 1 aromatic carbocycles. The lowest BCUT2D eigenvalue weighted by molar-refractivity contribution is 0.381. The van der Waals surface area contributed by atoms with Crippen LogP contribution in [0.5, 0.6) is 0 Å². The molecule has 1 aromatic rings. The largest absolute Gasteiger partial charge is 0.370 e. The summed E-state index contributed by atoms with van der Waals surface area (Å²) in [6, 6.07) is 6.64. The fraction of sp³-hybridized carbons (Fsp3) is 0.438. The van der Waals surface area contributed by atoms with Gasteiger partial charge < -0.3 is 15.5 Å². The maximum atomic E-state index is 12.9. The number of hydrogen-bond donors (Lipinski definition) is 1. The minimum absolute atomic E-state index is 0. The molecule has 122 valence electrons. The van der Waals surface area contributed by atoms with Gasteiger partial charge in [0, 0.05) is 38.4 Å². The Morgan fingerprint density at radius 3 is 2.45 bits per heavy atom. The molecule has 1 aliphatic heterocycles. The molecule has 0 bridgehead atoms. The smallest absolute Gasteiger partial charge is 0.191 e. The van der Waals surface area contributed by atoms with Crippen molar-refractivity contribution in [2.24, 2.45) is 10.7 Å². The number of halogens is 2. The Morgan fingerprint density at radius 1 is 1.23 bits per heavy atom. The number of anilines is 1. The molecule has 1 fully saturated rings. The second-order valence-corrected chi connectivity index (χ2v) is 5.05. The number of rotatable bonds is 4. The minimum Gasteiger partial charge on any atom is -0.370 e. The topological polar surface area (TPSA) is 44.9 Å². The van der Waals surface area contributed by atoms with E-state index in [2.05, 4.69) is 20.9 Å². The average molecular weight is 418 g/mol. The number of guanidine groups is 1. The number of allylic oxidation sites excluding steroid dienone is 1. The molecule has 2 N–H and O–H groups in total.